The fraction of sp³-hybridized carbons (Fsp3) is 0.385. The van der Waals surface area contributed by atoms with Gasteiger partial charge >= 0.3 is 5.97 Å². The Morgan fingerprint density at radius 2 is 2.11 bits per heavy atom. The van der Waals surface area contributed by atoms with Crippen molar-refractivity contribution in [2.45, 2.75) is 24.3 Å². The quantitative estimate of drug-likeness (QED) is 0.750. The first-order valence-electron chi connectivity index (χ1n) is 5.90. The van der Waals surface area contributed by atoms with E-state index in [-0.39, 0.29) is 5.91 Å². The molecule has 1 atom stereocenters. The van der Waals surface area contributed by atoms with Gasteiger partial charge in [-0.25, -0.2) is 4.79 Å². The standard InChI is InChI=1S/C13H14ClNO4/c14-9-3-1-2-8(6-9)13(4-5-13)12(19)15-10(7-16)11(17)18/h1-3,6,10,16H,4-5,7H2,(H,15,19)(H,17,18)/t10-/m0/s1. The molecule has 1 aliphatic rings. The molecule has 0 aliphatic heterocycles. The van der Waals surface area contributed by atoms with Crippen LogP contribution in [-0.2, 0) is 15.0 Å². The smallest absolute Gasteiger partial charge is 0.328 e. The number of carboxylic acids is 1. The van der Waals surface area contributed by atoms with Crippen LogP contribution in [0.5, 0.6) is 0 Å². The van der Waals surface area contributed by atoms with Crippen LogP contribution >= 0.6 is 11.6 Å². The van der Waals surface area contributed by atoms with Gasteiger partial charge in [-0.3, -0.25) is 4.79 Å². The predicted molar refractivity (Wildman–Crippen MR) is 69.0 cm³/mol. The minimum atomic E-state index is -1.27. The van der Waals surface area contributed by atoms with Gasteiger partial charge in [0.15, 0.2) is 0 Å². The van der Waals surface area contributed by atoms with E-state index in [9.17, 15) is 9.59 Å². The summed E-state index contributed by atoms with van der Waals surface area (Å²) < 4.78 is 0. The van der Waals surface area contributed by atoms with Crippen LogP contribution in [0.25, 0.3) is 0 Å². The molecule has 0 unspecified atom stereocenters. The van der Waals surface area contributed by atoms with E-state index in [1.807, 2.05) is 0 Å². The first-order chi connectivity index (χ1) is 8.99. The Kier molecular flexibility index (Phi) is 3.78. The van der Waals surface area contributed by atoms with Gasteiger partial charge in [-0.1, -0.05) is 23.7 Å². The monoisotopic (exact) mass is 283 g/mol. The average Bonchev–Trinajstić information content (AvgIpc) is 3.16. The van der Waals surface area contributed by atoms with Crippen molar-refractivity contribution in [3.63, 3.8) is 0 Å². The molecule has 102 valence electrons. The molecule has 0 aromatic heterocycles. The number of carbonyl (C=O) groups excluding carboxylic acids is 1. The Morgan fingerprint density at radius 1 is 1.42 bits per heavy atom. The number of aliphatic hydroxyl groups is 1. The third kappa shape index (κ3) is 2.72. The van der Waals surface area contributed by atoms with Crippen molar-refractivity contribution in [2.24, 2.45) is 0 Å². The van der Waals surface area contributed by atoms with Crippen molar-refractivity contribution >= 4 is 23.5 Å². The number of aliphatic hydroxyl groups excluding tert-OH is 1. The van der Waals surface area contributed by atoms with E-state index in [2.05, 4.69) is 5.32 Å². The summed E-state index contributed by atoms with van der Waals surface area (Å²) in [5, 5.41) is 20.6. The maximum absolute atomic E-state index is 12.2. The van der Waals surface area contributed by atoms with Crippen molar-refractivity contribution < 1.29 is 19.8 Å². The number of carbonyl (C=O) groups is 2. The number of benzene rings is 1. The van der Waals surface area contributed by atoms with E-state index in [4.69, 9.17) is 21.8 Å². The molecule has 1 saturated carbocycles. The summed E-state index contributed by atoms with van der Waals surface area (Å²) in [7, 11) is 0. The van der Waals surface area contributed by atoms with Crippen LogP contribution in [0.15, 0.2) is 24.3 Å². The largest absolute Gasteiger partial charge is 0.480 e. The van der Waals surface area contributed by atoms with Crippen molar-refractivity contribution in [3.05, 3.63) is 34.9 Å². The molecule has 2 rings (SSSR count). The van der Waals surface area contributed by atoms with Crippen molar-refractivity contribution in [2.75, 3.05) is 6.61 Å². The van der Waals surface area contributed by atoms with Crippen LogP contribution in [0.2, 0.25) is 5.02 Å². The number of carboxylic acid groups (broad SMARTS) is 1. The fourth-order valence-corrected chi connectivity index (χ4v) is 2.23. The van der Waals surface area contributed by atoms with E-state index in [1.54, 1.807) is 24.3 Å². The third-order valence-corrected chi connectivity index (χ3v) is 3.58. The second-order valence-corrected chi connectivity index (χ2v) is 5.08. The SMILES string of the molecule is O=C(O)[C@H](CO)NC(=O)C1(c2cccc(Cl)c2)CC1. The lowest BCUT2D eigenvalue weighted by Crippen LogP contribution is -2.47. The average molecular weight is 284 g/mol. The van der Waals surface area contributed by atoms with Crippen LogP contribution < -0.4 is 5.32 Å². The van der Waals surface area contributed by atoms with E-state index in [0.717, 1.165) is 5.56 Å². The lowest BCUT2D eigenvalue weighted by molar-refractivity contribution is -0.143. The molecular weight excluding hydrogens is 270 g/mol. The Labute approximate surface area is 115 Å². The normalized spacial score (nSPS) is 17.6. The van der Waals surface area contributed by atoms with Gasteiger partial charge in [-0.05, 0) is 30.5 Å². The highest BCUT2D eigenvalue weighted by Crippen LogP contribution is 2.48. The van der Waals surface area contributed by atoms with Crippen LogP contribution in [-0.4, -0.2) is 34.7 Å². The zero-order chi connectivity index (χ0) is 14.0. The second kappa shape index (κ2) is 5.19. The molecule has 1 aromatic carbocycles. The Bertz CT molecular complexity index is 513. The Hall–Kier alpha value is -1.59. The van der Waals surface area contributed by atoms with Crippen LogP contribution in [0.1, 0.15) is 18.4 Å². The Balaban J connectivity index is 2.17. The number of rotatable bonds is 5. The van der Waals surface area contributed by atoms with Crippen LogP contribution in [0.4, 0.5) is 0 Å². The minimum Gasteiger partial charge on any atom is -0.480 e. The molecule has 1 fully saturated rings. The number of hydrogen-bond acceptors (Lipinski definition) is 3. The number of hydrogen-bond donors (Lipinski definition) is 3. The van der Waals surface area contributed by atoms with Gasteiger partial charge in [0, 0.05) is 5.02 Å². The topological polar surface area (TPSA) is 86.6 Å². The number of amides is 1. The molecular formula is C13H14ClNO4. The maximum atomic E-state index is 12.2. The Morgan fingerprint density at radius 3 is 2.58 bits per heavy atom. The fourth-order valence-electron chi connectivity index (χ4n) is 2.04. The summed E-state index contributed by atoms with van der Waals surface area (Å²) >= 11 is 5.90. The molecule has 1 aliphatic carbocycles. The van der Waals surface area contributed by atoms with Gasteiger partial charge in [-0.15, -0.1) is 0 Å². The van der Waals surface area contributed by atoms with Gasteiger partial charge in [-0.2, -0.15) is 0 Å². The van der Waals surface area contributed by atoms with Gasteiger partial charge < -0.3 is 15.5 Å². The van der Waals surface area contributed by atoms with Gasteiger partial charge in [0.25, 0.3) is 0 Å². The molecule has 1 aromatic rings. The maximum Gasteiger partial charge on any atom is 0.328 e. The molecule has 3 N–H and O–H groups in total. The highest BCUT2D eigenvalue weighted by Gasteiger charge is 2.52. The van der Waals surface area contributed by atoms with E-state index < -0.39 is 24.0 Å². The summed E-state index contributed by atoms with van der Waals surface area (Å²) in [5.41, 5.74) is 0.0768. The lowest BCUT2D eigenvalue weighted by Gasteiger charge is -2.19. The molecule has 0 bridgehead atoms. The highest BCUT2D eigenvalue weighted by molar-refractivity contribution is 6.30. The molecule has 6 heteroatoms. The van der Waals surface area contributed by atoms with Gasteiger partial charge in [0.1, 0.15) is 6.04 Å². The van der Waals surface area contributed by atoms with E-state index in [1.165, 1.54) is 0 Å². The number of halogens is 1. The summed E-state index contributed by atoms with van der Waals surface area (Å²) in [5.74, 6) is -1.63. The summed E-state index contributed by atoms with van der Waals surface area (Å²) in [6.07, 6.45) is 1.30. The van der Waals surface area contributed by atoms with Crippen molar-refractivity contribution in [1.82, 2.24) is 5.32 Å². The van der Waals surface area contributed by atoms with E-state index in [0.29, 0.717) is 17.9 Å². The van der Waals surface area contributed by atoms with Crippen LogP contribution in [0, 0.1) is 0 Å². The molecule has 0 spiro atoms. The molecule has 19 heavy (non-hydrogen) atoms. The predicted octanol–water partition coefficient (Wildman–Crippen LogP) is 0.933. The molecule has 0 saturated heterocycles. The lowest BCUT2D eigenvalue weighted by atomic mass is 9.94. The second-order valence-electron chi connectivity index (χ2n) is 4.64. The molecule has 5 nitrogen and oxygen atoms in total. The third-order valence-electron chi connectivity index (χ3n) is 3.35. The van der Waals surface area contributed by atoms with Crippen LogP contribution in [0.3, 0.4) is 0 Å². The number of nitrogens with one attached hydrogen (secondary N) is 1. The van der Waals surface area contributed by atoms with Crippen molar-refractivity contribution in [1.29, 1.82) is 0 Å². The zero-order valence-corrected chi connectivity index (χ0v) is 10.9. The summed E-state index contributed by atoms with van der Waals surface area (Å²) in [6, 6.07) is 5.71. The minimum absolute atomic E-state index is 0.379. The summed E-state index contributed by atoms with van der Waals surface area (Å²) in [6.45, 7) is -0.632. The highest BCUT2D eigenvalue weighted by atomic mass is 35.5. The van der Waals surface area contributed by atoms with Gasteiger partial charge in [0.05, 0.1) is 12.0 Å². The van der Waals surface area contributed by atoms with Crippen molar-refractivity contribution in [3.8, 4) is 0 Å². The number of aliphatic carboxylic acids is 1. The zero-order valence-electron chi connectivity index (χ0n) is 10.1. The molecule has 0 heterocycles. The first kappa shape index (κ1) is 13.8. The van der Waals surface area contributed by atoms with Gasteiger partial charge in [0.2, 0.25) is 5.91 Å². The molecule has 0 radical (unpaired) electrons. The van der Waals surface area contributed by atoms with E-state index >= 15 is 0 Å². The summed E-state index contributed by atoms with van der Waals surface area (Å²) in [4.78, 5) is 23.0. The first-order valence-corrected chi connectivity index (χ1v) is 6.28. The molecule has 1 amide bonds.